The summed E-state index contributed by atoms with van der Waals surface area (Å²) in [6, 6.07) is 0. The average molecular weight is 148 g/mol. The van der Waals surface area contributed by atoms with Gasteiger partial charge in [0.15, 0.2) is 6.10 Å². The van der Waals surface area contributed by atoms with Crippen LogP contribution in [-0.2, 0) is 14.8 Å². The molecule has 0 radical (unpaired) electrons. The molecule has 0 aliphatic carbocycles. The van der Waals surface area contributed by atoms with Gasteiger partial charge >= 0.3 is 0 Å². The zero-order chi connectivity index (χ0) is 7.61. The van der Waals surface area contributed by atoms with Crippen molar-refractivity contribution in [1.29, 1.82) is 0 Å². The third kappa shape index (κ3) is 2.62. The van der Waals surface area contributed by atoms with Crippen LogP contribution in [0.25, 0.3) is 0 Å². The lowest BCUT2D eigenvalue weighted by Crippen LogP contribution is -2.42. The van der Waals surface area contributed by atoms with Gasteiger partial charge in [-0.3, -0.25) is 0 Å². The predicted molar refractivity (Wildman–Crippen MR) is 34.8 cm³/mol. The minimum atomic E-state index is 0.0833. The number of nitrogens with zero attached hydrogens (tertiary/aromatic N) is 1. The molecule has 0 aromatic heterocycles. The highest BCUT2D eigenvalue weighted by atomic mass is 17.5. The smallest absolute Gasteiger partial charge is 0.171 e. The molecule has 1 atom stereocenters. The third-order valence-electron chi connectivity index (χ3n) is 1.23. The van der Waals surface area contributed by atoms with Crippen molar-refractivity contribution >= 4 is 0 Å². The van der Waals surface area contributed by atoms with E-state index in [2.05, 4.69) is 31.1 Å². The van der Waals surface area contributed by atoms with E-state index in [1.54, 1.807) is 0 Å². The molecule has 1 unspecified atom stereocenters. The number of hydrogen-bond acceptors (Lipinski definition) is 3. The lowest BCUT2D eigenvalue weighted by atomic mass is 10.3. The zero-order valence-electron chi connectivity index (χ0n) is 6.66. The van der Waals surface area contributed by atoms with E-state index < -0.39 is 0 Å². The molecule has 4 nitrogen and oxygen atoms in total. The number of hydrogen-bond donors (Lipinski definition) is 0. The SMILES string of the molecule is C[N+](C)(C)CC1COOO1. The van der Waals surface area contributed by atoms with Gasteiger partial charge < -0.3 is 4.48 Å². The third-order valence-corrected chi connectivity index (χ3v) is 1.23. The van der Waals surface area contributed by atoms with E-state index in [-0.39, 0.29) is 6.10 Å². The Bertz CT molecular complexity index is 104. The number of rotatable bonds is 2. The minimum absolute atomic E-state index is 0.0833. The summed E-state index contributed by atoms with van der Waals surface area (Å²) in [6.45, 7) is 1.44. The number of quaternary nitrogens is 1. The van der Waals surface area contributed by atoms with Crippen LogP contribution in [-0.4, -0.2) is 44.9 Å². The Morgan fingerprint density at radius 2 is 2.10 bits per heavy atom. The van der Waals surface area contributed by atoms with Crippen molar-refractivity contribution in [3.05, 3.63) is 0 Å². The van der Waals surface area contributed by atoms with Crippen LogP contribution < -0.4 is 0 Å². The van der Waals surface area contributed by atoms with Gasteiger partial charge in [-0.1, -0.05) is 5.04 Å². The predicted octanol–water partition coefficient (Wildman–Crippen LogP) is -0.0454. The van der Waals surface area contributed by atoms with Gasteiger partial charge in [0.05, 0.1) is 21.1 Å². The summed E-state index contributed by atoms with van der Waals surface area (Å²) in [4.78, 5) is 9.36. The van der Waals surface area contributed by atoms with Crippen LogP contribution in [0.5, 0.6) is 0 Å². The van der Waals surface area contributed by atoms with Gasteiger partial charge in [-0.15, -0.1) is 0 Å². The first-order valence-corrected chi connectivity index (χ1v) is 3.33. The summed E-state index contributed by atoms with van der Waals surface area (Å²) in [5.74, 6) is 0. The zero-order valence-corrected chi connectivity index (χ0v) is 6.66. The highest BCUT2D eigenvalue weighted by Gasteiger charge is 2.25. The fraction of sp³-hybridized carbons (Fsp3) is 1.00. The van der Waals surface area contributed by atoms with E-state index in [4.69, 9.17) is 4.89 Å². The van der Waals surface area contributed by atoms with Crippen molar-refractivity contribution in [2.75, 3.05) is 34.3 Å². The van der Waals surface area contributed by atoms with Gasteiger partial charge in [0, 0.05) is 0 Å². The summed E-state index contributed by atoms with van der Waals surface area (Å²) in [5, 5.41) is 4.29. The van der Waals surface area contributed by atoms with Crippen LogP contribution >= 0.6 is 0 Å². The van der Waals surface area contributed by atoms with E-state index >= 15 is 0 Å². The molecule has 1 saturated heterocycles. The van der Waals surface area contributed by atoms with Gasteiger partial charge in [-0.2, -0.15) is 4.89 Å². The molecule has 60 valence electrons. The van der Waals surface area contributed by atoms with E-state index in [0.29, 0.717) is 6.61 Å². The lowest BCUT2D eigenvalue weighted by Gasteiger charge is -2.24. The second-order valence-corrected chi connectivity index (χ2v) is 3.54. The van der Waals surface area contributed by atoms with E-state index in [9.17, 15) is 0 Å². The van der Waals surface area contributed by atoms with Crippen molar-refractivity contribution < 1.29 is 19.3 Å². The van der Waals surface area contributed by atoms with Crippen LogP contribution in [0.3, 0.4) is 0 Å². The largest absolute Gasteiger partial charge is 0.329 e. The summed E-state index contributed by atoms with van der Waals surface area (Å²) in [7, 11) is 6.30. The van der Waals surface area contributed by atoms with Crippen LogP contribution in [0, 0.1) is 0 Å². The Labute approximate surface area is 60.7 Å². The fourth-order valence-electron chi connectivity index (χ4n) is 0.909. The molecule has 0 saturated carbocycles. The van der Waals surface area contributed by atoms with Crippen LogP contribution in [0.4, 0.5) is 0 Å². The first-order valence-electron chi connectivity index (χ1n) is 3.33. The highest BCUT2D eigenvalue weighted by molar-refractivity contribution is 4.52. The maximum atomic E-state index is 4.79. The maximum Gasteiger partial charge on any atom is 0.171 e. The van der Waals surface area contributed by atoms with Crippen LogP contribution in [0.2, 0.25) is 0 Å². The molecule has 0 spiro atoms. The van der Waals surface area contributed by atoms with Crippen molar-refractivity contribution in [3.8, 4) is 0 Å². The molecule has 0 aromatic carbocycles. The van der Waals surface area contributed by atoms with E-state index in [1.165, 1.54) is 0 Å². The normalized spacial score (nSPS) is 27.3. The molecular formula is C6H14NO3+. The number of likely N-dealkylation sites (N-methyl/N-ethyl adjacent to an activating group) is 1. The fourth-order valence-corrected chi connectivity index (χ4v) is 0.909. The molecule has 10 heavy (non-hydrogen) atoms. The molecule has 4 heteroatoms. The first kappa shape index (κ1) is 7.94. The molecule has 1 heterocycles. The summed E-state index contributed by atoms with van der Waals surface area (Å²) >= 11 is 0. The molecule has 1 aliphatic rings. The summed E-state index contributed by atoms with van der Waals surface area (Å²) in [6.07, 6.45) is 0.0833. The van der Waals surface area contributed by atoms with Gasteiger partial charge in [0.1, 0.15) is 13.2 Å². The van der Waals surface area contributed by atoms with Crippen LogP contribution in [0.15, 0.2) is 0 Å². The topological polar surface area (TPSA) is 27.7 Å². The monoisotopic (exact) mass is 148 g/mol. The van der Waals surface area contributed by atoms with Gasteiger partial charge in [-0.25, -0.2) is 4.89 Å². The van der Waals surface area contributed by atoms with Crippen molar-refractivity contribution in [2.45, 2.75) is 6.10 Å². The molecule has 1 aliphatic heterocycles. The molecule has 0 amide bonds. The van der Waals surface area contributed by atoms with Crippen LogP contribution in [0.1, 0.15) is 0 Å². The average Bonchev–Trinajstić information content (AvgIpc) is 2.12. The van der Waals surface area contributed by atoms with Gasteiger partial charge in [0.2, 0.25) is 0 Å². The second-order valence-electron chi connectivity index (χ2n) is 3.54. The molecular weight excluding hydrogens is 134 g/mol. The molecule has 1 fully saturated rings. The van der Waals surface area contributed by atoms with Gasteiger partial charge in [-0.05, 0) is 0 Å². The molecule has 0 bridgehead atoms. The van der Waals surface area contributed by atoms with Gasteiger partial charge in [0.25, 0.3) is 0 Å². The Balaban J connectivity index is 2.24. The standard InChI is InChI=1S/C6H14NO3/c1-7(2,3)4-6-5-8-10-9-6/h6H,4-5H2,1-3H3/q+1. The Morgan fingerprint density at radius 3 is 2.50 bits per heavy atom. The van der Waals surface area contributed by atoms with E-state index in [0.717, 1.165) is 11.0 Å². The molecule has 0 aromatic rings. The molecule has 0 N–H and O–H groups in total. The Hall–Kier alpha value is -0.160. The minimum Gasteiger partial charge on any atom is -0.329 e. The lowest BCUT2D eigenvalue weighted by molar-refractivity contribution is -0.874. The quantitative estimate of drug-likeness (QED) is 0.406. The Kier molecular flexibility index (Phi) is 2.25. The molecule has 1 rings (SSSR count). The van der Waals surface area contributed by atoms with Crippen molar-refractivity contribution in [3.63, 3.8) is 0 Å². The summed E-state index contributed by atoms with van der Waals surface area (Å²) in [5.41, 5.74) is 0. The van der Waals surface area contributed by atoms with Crippen molar-refractivity contribution in [2.24, 2.45) is 0 Å². The second kappa shape index (κ2) is 2.84. The van der Waals surface area contributed by atoms with E-state index in [1.807, 2.05) is 0 Å². The summed E-state index contributed by atoms with van der Waals surface area (Å²) < 4.78 is 0.859. The highest BCUT2D eigenvalue weighted by Crippen LogP contribution is 2.07. The first-order chi connectivity index (χ1) is 4.58. The maximum absolute atomic E-state index is 4.79. The van der Waals surface area contributed by atoms with Crippen molar-refractivity contribution in [1.82, 2.24) is 0 Å². The Morgan fingerprint density at radius 1 is 1.40 bits per heavy atom.